The van der Waals surface area contributed by atoms with Crippen LogP contribution in [0.25, 0.3) is 11.0 Å². The Morgan fingerprint density at radius 2 is 1.96 bits per heavy atom. The molecule has 1 aromatic heterocycles. The molecule has 3 aromatic rings. The fourth-order valence-corrected chi connectivity index (χ4v) is 3.20. The Morgan fingerprint density at radius 3 is 2.76 bits per heavy atom. The Bertz CT molecular complexity index is 1090. The van der Waals surface area contributed by atoms with Crippen LogP contribution in [0, 0.1) is 10.1 Å². The third-order valence-corrected chi connectivity index (χ3v) is 4.29. The number of nitrogens with zero attached hydrogens (tertiary/aromatic N) is 1. The zero-order chi connectivity index (χ0) is 17.6. The number of nitro groups is 1. The van der Waals surface area contributed by atoms with Gasteiger partial charge in [0, 0.05) is 17.5 Å². The van der Waals surface area contributed by atoms with Gasteiger partial charge in [-0.15, -0.1) is 0 Å². The number of anilines is 1. The topological polar surface area (TPSA) is 97.4 Å². The molecule has 0 spiro atoms. The first-order valence-corrected chi connectivity index (χ1v) is 7.83. The van der Waals surface area contributed by atoms with Crippen LogP contribution in [0.1, 0.15) is 17.2 Å². The quantitative estimate of drug-likeness (QED) is 0.316. The molecule has 1 unspecified atom stereocenters. The van der Waals surface area contributed by atoms with Gasteiger partial charge in [-0.25, -0.2) is 4.79 Å². The second kappa shape index (κ2) is 5.67. The molecule has 8 heteroatoms. The standard InChI is InChI=1S/C17H11N3O4S/c21-16-13-14(9-4-3-5-10(8-9)20(22)23)18-17(25)19-15(13)11-6-1-2-7-12(11)24-16/h1-8,14H,(H2,18,19,25). The molecule has 2 aromatic carbocycles. The molecule has 1 aliphatic rings. The van der Waals surface area contributed by atoms with Gasteiger partial charge in [0.05, 0.1) is 22.2 Å². The van der Waals surface area contributed by atoms with E-state index in [1.54, 1.807) is 24.3 Å². The van der Waals surface area contributed by atoms with Gasteiger partial charge in [-0.2, -0.15) is 0 Å². The van der Waals surface area contributed by atoms with Gasteiger partial charge in [-0.1, -0.05) is 24.3 Å². The van der Waals surface area contributed by atoms with Crippen molar-refractivity contribution < 1.29 is 9.34 Å². The zero-order valence-electron chi connectivity index (χ0n) is 12.7. The van der Waals surface area contributed by atoms with Gasteiger partial charge < -0.3 is 15.1 Å². The van der Waals surface area contributed by atoms with Crippen molar-refractivity contribution in [3.05, 3.63) is 80.2 Å². The fourth-order valence-electron chi connectivity index (χ4n) is 2.98. The van der Waals surface area contributed by atoms with E-state index in [9.17, 15) is 14.9 Å². The molecule has 2 N–H and O–H groups in total. The number of hydrogen-bond donors (Lipinski definition) is 2. The van der Waals surface area contributed by atoms with E-state index in [1.165, 1.54) is 12.1 Å². The molecule has 124 valence electrons. The lowest BCUT2D eigenvalue weighted by Gasteiger charge is -2.28. The summed E-state index contributed by atoms with van der Waals surface area (Å²) in [6.07, 6.45) is 0. The fraction of sp³-hybridized carbons (Fsp3) is 0.0588. The minimum atomic E-state index is -0.635. The Balaban J connectivity index is 1.98. The smallest absolute Gasteiger partial charge is 0.344 e. The molecule has 0 amide bonds. The largest absolute Gasteiger partial charge is 0.422 e. The first-order chi connectivity index (χ1) is 12.0. The minimum absolute atomic E-state index is 0.0597. The summed E-state index contributed by atoms with van der Waals surface area (Å²) >= 11 is 5.26. The summed E-state index contributed by atoms with van der Waals surface area (Å²) in [6.45, 7) is 0. The predicted octanol–water partition coefficient (Wildman–Crippen LogP) is 3.09. The number of fused-ring (bicyclic) bond motifs is 3. The maximum atomic E-state index is 12.6. The highest BCUT2D eigenvalue weighted by molar-refractivity contribution is 7.80. The van der Waals surface area contributed by atoms with Crippen LogP contribution in [-0.2, 0) is 0 Å². The van der Waals surface area contributed by atoms with E-state index in [4.69, 9.17) is 16.6 Å². The highest BCUT2D eigenvalue weighted by atomic mass is 32.1. The van der Waals surface area contributed by atoms with Crippen molar-refractivity contribution in [3.8, 4) is 0 Å². The van der Waals surface area contributed by atoms with Crippen LogP contribution in [-0.4, -0.2) is 10.0 Å². The van der Waals surface area contributed by atoms with Crippen molar-refractivity contribution in [1.82, 2.24) is 5.32 Å². The highest BCUT2D eigenvalue weighted by Gasteiger charge is 2.30. The van der Waals surface area contributed by atoms with Gasteiger partial charge in [0.15, 0.2) is 5.11 Å². The summed E-state index contributed by atoms with van der Waals surface area (Å²) in [7, 11) is 0. The molecule has 0 radical (unpaired) electrons. The summed E-state index contributed by atoms with van der Waals surface area (Å²) in [5.41, 5.74) is 1.33. The number of hydrogen-bond acceptors (Lipinski definition) is 5. The van der Waals surface area contributed by atoms with Crippen LogP contribution in [0.2, 0.25) is 0 Å². The average Bonchev–Trinajstić information content (AvgIpc) is 2.61. The van der Waals surface area contributed by atoms with Crippen LogP contribution in [0.5, 0.6) is 0 Å². The van der Waals surface area contributed by atoms with Crippen molar-refractivity contribution in [1.29, 1.82) is 0 Å². The molecule has 7 nitrogen and oxygen atoms in total. The summed E-state index contributed by atoms with van der Waals surface area (Å²) in [5, 5.41) is 18.1. The Labute approximate surface area is 146 Å². The second-order valence-electron chi connectivity index (χ2n) is 5.56. The van der Waals surface area contributed by atoms with Crippen molar-refractivity contribution >= 4 is 39.7 Å². The molecule has 25 heavy (non-hydrogen) atoms. The Kier molecular flexibility index (Phi) is 3.47. The van der Waals surface area contributed by atoms with Gasteiger partial charge in [-0.05, 0) is 29.9 Å². The van der Waals surface area contributed by atoms with Gasteiger partial charge in [-0.3, -0.25) is 10.1 Å². The monoisotopic (exact) mass is 353 g/mol. The number of thiocarbonyl (C=S) groups is 1. The normalized spacial score (nSPS) is 16.0. The maximum Gasteiger partial charge on any atom is 0.344 e. The number of non-ortho nitro benzene ring substituents is 1. The summed E-state index contributed by atoms with van der Waals surface area (Å²) in [5.74, 6) is 0. The predicted molar refractivity (Wildman–Crippen MR) is 96.8 cm³/mol. The van der Waals surface area contributed by atoms with Crippen LogP contribution in [0.3, 0.4) is 0 Å². The lowest BCUT2D eigenvalue weighted by Crippen LogP contribution is -2.41. The van der Waals surface area contributed by atoms with Crippen LogP contribution >= 0.6 is 12.2 Å². The van der Waals surface area contributed by atoms with Crippen molar-refractivity contribution in [2.75, 3.05) is 5.32 Å². The van der Waals surface area contributed by atoms with Crippen LogP contribution in [0.15, 0.2) is 57.7 Å². The summed E-state index contributed by atoms with van der Waals surface area (Å²) in [6, 6.07) is 12.6. The lowest BCUT2D eigenvalue weighted by molar-refractivity contribution is -0.384. The lowest BCUT2D eigenvalue weighted by atomic mass is 9.95. The third kappa shape index (κ3) is 2.52. The Morgan fingerprint density at radius 1 is 1.16 bits per heavy atom. The number of para-hydroxylation sites is 1. The van der Waals surface area contributed by atoms with Gasteiger partial charge in [0.1, 0.15) is 5.58 Å². The molecule has 0 bridgehead atoms. The number of benzene rings is 2. The average molecular weight is 353 g/mol. The van der Waals surface area contributed by atoms with E-state index >= 15 is 0 Å². The third-order valence-electron chi connectivity index (χ3n) is 4.07. The van der Waals surface area contributed by atoms with Gasteiger partial charge >= 0.3 is 5.63 Å². The molecular formula is C17H11N3O4S. The molecule has 4 rings (SSSR count). The van der Waals surface area contributed by atoms with Crippen LogP contribution in [0.4, 0.5) is 11.4 Å². The molecule has 0 fully saturated rings. The van der Waals surface area contributed by atoms with E-state index in [0.29, 0.717) is 27.5 Å². The van der Waals surface area contributed by atoms with E-state index in [0.717, 1.165) is 5.39 Å². The van der Waals surface area contributed by atoms with E-state index in [1.807, 2.05) is 12.1 Å². The van der Waals surface area contributed by atoms with E-state index in [-0.39, 0.29) is 5.69 Å². The number of rotatable bonds is 2. The van der Waals surface area contributed by atoms with Crippen molar-refractivity contribution in [2.45, 2.75) is 6.04 Å². The molecule has 1 atom stereocenters. The van der Waals surface area contributed by atoms with Crippen molar-refractivity contribution in [3.63, 3.8) is 0 Å². The summed E-state index contributed by atoms with van der Waals surface area (Å²) in [4.78, 5) is 23.1. The number of nitro benzene ring substituents is 1. The first-order valence-electron chi connectivity index (χ1n) is 7.42. The molecule has 0 saturated carbocycles. The van der Waals surface area contributed by atoms with E-state index in [2.05, 4.69) is 10.6 Å². The summed E-state index contributed by atoms with van der Waals surface area (Å²) < 4.78 is 5.41. The Hall–Kier alpha value is -3.26. The first kappa shape index (κ1) is 15.3. The number of nitrogens with one attached hydrogen (secondary N) is 2. The maximum absolute atomic E-state index is 12.6. The van der Waals surface area contributed by atoms with Crippen LogP contribution < -0.4 is 16.3 Å². The van der Waals surface area contributed by atoms with E-state index < -0.39 is 16.6 Å². The highest BCUT2D eigenvalue weighted by Crippen LogP contribution is 2.35. The molecule has 1 aliphatic heterocycles. The molecular weight excluding hydrogens is 342 g/mol. The molecule has 0 aliphatic carbocycles. The molecule has 2 heterocycles. The minimum Gasteiger partial charge on any atom is -0.422 e. The zero-order valence-corrected chi connectivity index (χ0v) is 13.5. The van der Waals surface area contributed by atoms with Gasteiger partial charge in [0.2, 0.25) is 0 Å². The second-order valence-corrected chi connectivity index (χ2v) is 5.97. The van der Waals surface area contributed by atoms with Gasteiger partial charge in [0.25, 0.3) is 5.69 Å². The molecule has 0 saturated heterocycles. The van der Waals surface area contributed by atoms with Crippen molar-refractivity contribution in [2.24, 2.45) is 0 Å². The SMILES string of the molecule is O=c1oc2ccccc2c2c1C(c1cccc([N+](=O)[O-])c1)NC(=S)N2.